The molecule has 0 amide bonds. The van der Waals surface area contributed by atoms with Crippen LogP contribution in [0.25, 0.3) is 0 Å². The summed E-state index contributed by atoms with van der Waals surface area (Å²) in [5.74, 6) is 0.422. The first-order chi connectivity index (χ1) is 9.90. The van der Waals surface area contributed by atoms with Gasteiger partial charge in [0, 0.05) is 18.1 Å². The largest absolute Gasteiger partial charge is 0.392 e. The van der Waals surface area contributed by atoms with E-state index in [2.05, 4.69) is 6.92 Å². The van der Waals surface area contributed by atoms with Crippen LogP contribution >= 0.6 is 11.6 Å². The van der Waals surface area contributed by atoms with Crippen molar-refractivity contribution in [2.75, 3.05) is 13.1 Å². The van der Waals surface area contributed by atoms with Crippen LogP contribution in [0.4, 0.5) is 0 Å². The van der Waals surface area contributed by atoms with E-state index >= 15 is 0 Å². The van der Waals surface area contributed by atoms with Crippen molar-refractivity contribution in [2.45, 2.75) is 44.6 Å². The molecule has 118 valence electrons. The Kier molecular flexibility index (Phi) is 5.30. The molecule has 2 rings (SSSR count). The lowest BCUT2D eigenvalue weighted by Crippen LogP contribution is -2.40. The molecule has 1 atom stereocenters. The number of sulfonamides is 1. The Morgan fingerprint density at radius 3 is 2.76 bits per heavy atom. The Hall–Kier alpha value is -0.620. The highest BCUT2D eigenvalue weighted by Crippen LogP contribution is 2.30. The Labute approximate surface area is 131 Å². The Bertz CT molecular complexity index is 616. The number of piperidine rings is 1. The minimum atomic E-state index is -3.55. The maximum Gasteiger partial charge on any atom is 0.243 e. The maximum atomic E-state index is 12.9. The summed E-state index contributed by atoms with van der Waals surface area (Å²) in [6, 6.07) is 3.10. The average Bonchev–Trinajstić information content (AvgIpc) is 2.49. The molecule has 6 heteroatoms. The Morgan fingerprint density at radius 2 is 2.14 bits per heavy atom. The first kappa shape index (κ1) is 16.7. The first-order valence-electron chi connectivity index (χ1n) is 7.30. The van der Waals surface area contributed by atoms with Crippen LogP contribution in [0.5, 0.6) is 0 Å². The molecule has 0 aliphatic carbocycles. The van der Waals surface area contributed by atoms with Crippen molar-refractivity contribution < 1.29 is 13.5 Å². The highest BCUT2D eigenvalue weighted by molar-refractivity contribution is 7.89. The van der Waals surface area contributed by atoms with Crippen molar-refractivity contribution in [3.8, 4) is 0 Å². The van der Waals surface area contributed by atoms with Crippen molar-refractivity contribution in [2.24, 2.45) is 5.92 Å². The summed E-state index contributed by atoms with van der Waals surface area (Å²) >= 11 is 6.01. The predicted molar refractivity (Wildman–Crippen MR) is 83.9 cm³/mol. The summed E-state index contributed by atoms with van der Waals surface area (Å²) in [6.45, 7) is 4.72. The Morgan fingerprint density at radius 1 is 1.43 bits per heavy atom. The molecule has 1 fully saturated rings. The third-order valence-corrected chi connectivity index (χ3v) is 6.49. The molecule has 1 aromatic carbocycles. The van der Waals surface area contributed by atoms with Gasteiger partial charge < -0.3 is 5.11 Å². The van der Waals surface area contributed by atoms with Crippen molar-refractivity contribution in [3.05, 3.63) is 28.3 Å². The highest BCUT2D eigenvalue weighted by Gasteiger charge is 2.31. The van der Waals surface area contributed by atoms with Crippen molar-refractivity contribution in [1.82, 2.24) is 4.31 Å². The third-order valence-electron chi connectivity index (χ3n) is 4.28. The van der Waals surface area contributed by atoms with E-state index in [1.54, 1.807) is 17.3 Å². The zero-order valence-corrected chi connectivity index (χ0v) is 14.0. The third kappa shape index (κ3) is 3.42. The minimum absolute atomic E-state index is 0.216. The zero-order valence-electron chi connectivity index (χ0n) is 12.5. The summed E-state index contributed by atoms with van der Waals surface area (Å²) in [6.07, 6.45) is 2.96. The van der Waals surface area contributed by atoms with Gasteiger partial charge >= 0.3 is 0 Å². The summed E-state index contributed by atoms with van der Waals surface area (Å²) in [7, 11) is -3.55. The molecule has 0 aromatic heterocycles. The number of halogens is 1. The second-order valence-corrected chi connectivity index (χ2v) is 7.97. The first-order valence-corrected chi connectivity index (χ1v) is 9.12. The van der Waals surface area contributed by atoms with Crippen LogP contribution in [0.15, 0.2) is 17.0 Å². The molecule has 1 saturated heterocycles. The van der Waals surface area contributed by atoms with Crippen LogP contribution in [0, 0.1) is 12.8 Å². The molecular formula is C15H22ClNO3S. The summed E-state index contributed by atoms with van der Waals surface area (Å²) in [5.41, 5.74) is 1.14. The van der Waals surface area contributed by atoms with Crippen molar-refractivity contribution >= 4 is 21.6 Å². The van der Waals surface area contributed by atoms with Gasteiger partial charge in [0.1, 0.15) is 0 Å². The van der Waals surface area contributed by atoms with Gasteiger partial charge in [-0.15, -0.1) is 0 Å². The number of rotatable bonds is 4. The fourth-order valence-electron chi connectivity index (χ4n) is 2.86. The molecule has 0 bridgehead atoms. The van der Waals surface area contributed by atoms with Gasteiger partial charge in [-0.1, -0.05) is 24.9 Å². The lowest BCUT2D eigenvalue weighted by atomic mass is 9.97. The number of aliphatic hydroxyl groups is 1. The minimum Gasteiger partial charge on any atom is -0.392 e. The summed E-state index contributed by atoms with van der Waals surface area (Å²) < 4.78 is 27.3. The predicted octanol–water partition coefficient (Wildman–Crippen LogP) is 2.95. The van der Waals surface area contributed by atoms with Crippen LogP contribution in [0.3, 0.4) is 0 Å². The molecule has 1 aliphatic rings. The Balaban J connectivity index is 2.42. The van der Waals surface area contributed by atoms with Gasteiger partial charge in [-0.3, -0.25) is 0 Å². The van der Waals surface area contributed by atoms with Gasteiger partial charge in [0.05, 0.1) is 11.5 Å². The molecule has 1 N–H and O–H groups in total. The molecule has 21 heavy (non-hydrogen) atoms. The standard InChI is InChI=1S/C15H22ClNO3S/c1-3-12-5-4-6-17(9-12)21(19,20)15-8-14(16)7-13(10-18)11(15)2/h7-8,12,18H,3-6,9-10H2,1-2H3. The zero-order chi connectivity index (χ0) is 15.6. The fraction of sp³-hybridized carbons (Fsp3) is 0.600. The van der Waals surface area contributed by atoms with Crippen LogP contribution in [-0.2, 0) is 16.6 Å². The van der Waals surface area contributed by atoms with Crippen molar-refractivity contribution in [3.63, 3.8) is 0 Å². The van der Waals surface area contributed by atoms with E-state index < -0.39 is 10.0 Å². The quantitative estimate of drug-likeness (QED) is 0.922. The van der Waals surface area contributed by atoms with Gasteiger partial charge in [0.15, 0.2) is 0 Å². The molecule has 0 spiro atoms. The smallest absolute Gasteiger partial charge is 0.243 e. The number of aliphatic hydroxyl groups excluding tert-OH is 1. The van der Waals surface area contributed by atoms with E-state index in [4.69, 9.17) is 11.6 Å². The molecule has 0 radical (unpaired) electrons. The van der Waals surface area contributed by atoms with Crippen LogP contribution in [-0.4, -0.2) is 30.9 Å². The van der Waals surface area contributed by atoms with E-state index in [1.165, 1.54) is 6.07 Å². The van der Waals surface area contributed by atoms with Gasteiger partial charge in [-0.05, 0) is 48.9 Å². The van der Waals surface area contributed by atoms with Crippen LogP contribution in [0.1, 0.15) is 37.3 Å². The highest BCUT2D eigenvalue weighted by atomic mass is 35.5. The normalized spacial score (nSPS) is 20.7. The second kappa shape index (κ2) is 6.65. The van der Waals surface area contributed by atoms with Gasteiger partial charge in [0.25, 0.3) is 0 Å². The summed E-state index contributed by atoms with van der Waals surface area (Å²) in [4.78, 5) is 0.218. The molecule has 1 aromatic rings. The molecule has 1 unspecified atom stereocenters. The van der Waals surface area contributed by atoms with E-state index in [0.29, 0.717) is 35.2 Å². The number of hydrogen-bond acceptors (Lipinski definition) is 3. The van der Waals surface area contributed by atoms with Crippen molar-refractivity contribution in [1.29, 1.82) is 0 Å². The number of hydrogen-bond donors (Lipinski definition) is 1. The van der Waals surface area contributed by atoms with Gasteiger partial charge in [0.2, 0.25) is 10.0 Å². The molecule has 1 aliphatic heterocycles. The second-order valence-electron chi connectivity index (χ2n) is 5.63. The molecular weight excluding hydrogens is 310 g/mol. The lowest BCUT2D eigenvalue weighted by Gasteiger charge is -2.32. The van der Waals surface area contributed by atoms with Gasteiger partial charge in [-0.25, -0.2) is 8.42 Å². The number of nitrogens with zero attached hydrogens (tertiary/aromatic N) is 1. The lowest BCUT2D eigenvalue weighted by molar-refractivity contribution is 0.261. The van der Waals surface area contributed by atoms with Crippen LogP contribution < -0.4 is 0 Å². The van der Waals surface area contributed by atoms with Gasteiger partial charge in [-0.2, -0.15) is 4.31 Å². The average molecular weight is 332 g/mol. The SMILES string of the molecule is CCC1CCCN(S(=O)(=O)c2cc(Cl)cc(CO)c2C)C1. The topological polar surface area (TPSA) is 57.6 Å². The van der Waals surface area contributed by atoms with E-state index in [0.717, 1.165) is 19.3 Å². The monoisotopic (exact) mass is 331 g/mol. The molecule has 4 nitrogen and oxygen atoms in total. The molecule has 1 heterocycles. The van der Waals surface area contributed by atoms with E-state index in [-0.39, 0.29) is 11.5 Å². The summed E-state index contributed by atoms with van der Waals surface area (Å²) in [5, 5.41) is 9.70. The molecule has 0 saturated carbocycles. The maximum absolute atomic E-state index is 12.9. The van der Waals surface area contributed by atoms with E-state index in [1.807, 2.05) is 0 Å². The number of benzene rings is 1. The van der Waals surface area contributed by atoms with E-state index in [9.17, 15) is 13.5 Å². The fourth-order valence-corrected chi connectivity index (χ4v) is 5.01. The van der Waals surface area contributed by atoms with Crippen LogP contribution in [0.2, 0.25) is 5.02 Å².